The third kappa shape index (κ3) is 5.26. The molecule has 0 aliphatic carbocycles. The van der Waals surface area contributed by atoms with Gasteiger partial charge in [-0.25, -0.2) is 0 Å². The molecule has 0 spiro atoms. The van der Waals surface area contributed by atoms with Gasteiger partial charge in [-0.1, -0.05) is 0 Å². The number of hydrogen-bond donors (Lipinski definition) is 3. The van der Waals surface area contributed by atoms with Gasteiger partial charge >= 0.3 is 0 Å². The van der Waals surface area contributed by atoms with Gasteiger partial charge in [-0.2, -0.15) is 0 Å². The molecular formula is C5H12N2O2. The summed E-state index contributed by atoms with van der Waals surface area (Å²) in [4.78, 5) is 3.68. The van der Waals surface area contributed by atoms with Crippen LogP contribution in [0.4, 0.5) is 0 Å². The van der Waals surface area contributed by atoms with E-state index in [0.717, 1.165) is 0 Å². The Morgan fingerprint density at radius 3 is 2.67 bits per heavy atom. The second-order valence-corrected chi connectivity index (χ2v) is 1.82. The molecule has 9 heavy (non-hydrogen) atoms. The van der Waals surface area contributed by atoms with Crippen molar-refractivity contribution >= 4 is 5.84 Å². The Kier molecular flexibility index (Phi) is 4.00. The van der Waals surface area contributed by atoms with Crippen molar-refractivity contribution in [1.29, 1.82) is 0 Å². The van der Waals surface area contributed by atoms with E-state index < -0.39 is 6.10 Å². The van der Waals surface area contributed by atoms with E-state index >= 15 is 0 Å². The summed E-state index contributed by atoms with van der Waals surface area (Å²) >= 11 is 0. The topological polar surface area (TPSA) is 78.8 Å². The number of nitrogens with two attached hydrogens (primary N) is 1. The fourth-order valence-electron chi connectivity index (χ4n) is 0.307. The van der Waals surface area contributed by atoms with Gasteiger partial charge in [0.1, 0.15) is 0 Å². The van der Waals surface area contributed by atoms with Crippen molar-refractivity contribution in [3.8, 4) is 0 Å². The second kappa shape index (κ2) is 4.29. The first kappa shape index (κ1) is 8.39. The molecule has 0 aliphatic heterocycles. The normalized spacial score (nSPS) is 15.7. The number of aliphatic hydroxyl groups excluding tert-OH is 2. The van der Waals surface area contributed by atoms with Crippen molar-refractivity contribution < 1.29 is 10.2 Å². The number of rotatable bonds is 3. The van der Waals surface area contributed by atoms with Gasteiger partial charge < -0.3 is 15.9 Å². The largest absolute Gasteiger partial charge is 0.394 e. The molecule has 0 amide bonds. The monoisotopic (exact) mass is 132 g/mol. The maximum Gasteiger partial charge on any atom is 0.0966 e. The molecule has 0 saturated heterocycles. The zero-order valence-corrected chi connectivity index (χ0v) is 5.41. The summed E-state index contributed by atoms with van der Waals surface area (Å²) in [5.41, 5.74) is 5.15. The Bertz CT molecular complexity index is 99.1. The minimum atomic E-state index is -0.775. The maximum absolute atomic E-state index is 8.69. The van der Waals surface area contributed by atoms with Crippen LogP contribution in [0.1, 0.15) is 6.92 Å². The van der Waals surface area contributed by atoms with Crippen LogP contribution in [0.3, 0.4) is 0 Å². The Morgan fingerprint density at radius 2 is 2.33 bits per heavy atom. The zero-order valence-electron chi connectivity index (χ0n) is 5.41. The van der Waals surface area contributed by atoms with Crippen LogP contribution in [0.2, 0.25) is 0 Å². The van der Waals surface area contributed by atoms with Crippen molar-refractivity contribution in [2.24, 2.45) is 10.7 Å². The summed E-state index contributed by atoms with van der Waals surface area (Å²) in [5.74, 6) is 0.419. The summed E-state index contributed by atoms with van der Waals surface area (Å²) in [6.07, 6.45) is -0.775. The minimum absolute atomic E-state index is 0.179. The molecule has 4 N–H and O–H groups in total. The Morgan fingerprint density at radius 1 is 1.78 bits per heavy atom. The van der Waals surface area contributed by atoms with Crippen LogP contribution < -0.4 is 5.73 Å². The highest BCUT2D eigenvalue weighted by molar-refractivity contribution is 5.77. The lowest BCUT2D eigenvalue weighted by Crippen LogP contribution is -2.18. The van der Waals surface area contributed by atoms with Crippen LogP contribution in [-0.4, -0.2) is 35.3 Å². The smallest absolute Gasteiger partial charge is 0.0966 e. The second-order valence-electron chi connectivity index (χ2n) is 1.82. The third-order valence-electron chi connectivity index (χ3n) is 0.762. The van der Waals surface area contributed by atoms with Crippen molar-refractivity contribution in [3.05, 3.63) is 0 Å². The first-order valence-electron chi connectivity index (χ1n) is 2.72. The van der Waals surface area contributed by atoms with Crippen molar-refractivity contribution in [1.82, 2.24) is 0 Å². The maximum atomic E-state index is 8.69. The van der Waals surface area contributed by atoms with Gasteiger partial charge in [0.15, 0.2) is 0 Å². The van der Waals surface area contributed by atoms with Gasteiger partial charge in [-0.05, 0) is 6.92 Å². The van der Waals surface area contributed by atoms with Gasteiger partial charge in [0.05, 0.1) is 25.1 Å². The number of hydrogen-bond acceptors (Lipinski definition) is 3. The molecule has 0 aliphatic rings. The van der Waals surface area contributed by atoms with Crippen LogP contribution in [0.25, 0.3) is 0 Å². The van der Waals surface area contributed by atoms with E-state index in [1.165, 1.54) is 0 Å². The molecule has 1 atom stereocenters. The summed E-state index contributed by atoms with van der Waals surface area (Å²) in [6, 6.07) is 0. The average Bonchev–Trinajstić information content (AvgIpc) is 1.83. The molecular weight excluding hydrogens is 120 g/mol. The van der Waals surface area contributed by atoms with Gasteiger partial charge in [0.2, 0.25) is 0 Å². The zero-order chi connectivity index (χ0) is 7.28. The van der Waals surface area contributed by atoms with E-state index in [1.54, 1.807) is 6.92 Å². The first-order valence-corrected chi connectivity index (χ1v) is 2.72. The number of aliphatic hydroxyl groups is 2. The number of aliphatic imine (C=N–C) groups is 1. The molecule has 0 aromatic heterocycles. The van der Waals surface area contributed by atoms with Crippen molar-refractivity contribution in [2.45, 2.75) is 13.0 Å². The van der Waals surface area contributed by atoms with E-state index in [0.29, 0.717) is 5.84 Å². The van der Waals surface area contributed by atoms with Gasteiger partial charge in [0.25, 0.3) is 0 Å². The molecule has 0 aromatic rings. The summed E-state index contributed by atoms with van der Waals surface area (Å²) in [5, 5.41) is 17.0. The average molecular weight is 132 g/mol. The Hall–Kier alpha value is -0.610. The van der Waals surface area contributed by atoms with Crippen molar-refractivity contribution in [3.63, 3.8) is 0 Å². The fraction of sp³-hybridized carbons (Fsp3) is 0.800. The Balaban J connectivity index is 3.37. The SMILES string of the molecule is CC(N)=NCC(O)CO. The van der Waals surface area contributed by atoms with E-state index in [-0.39, 0.29) is 13.2 Å². The van der Waals surface area contributed by atoms with Gasteiger partial charge in [0, 0.05) is 0 Å². The van der Waals surface area contributed by atoms with E-state index in [4.69, 9.17) is 15.9 Å². The lowest BCUT2D eigenvalue weighted by atomic mass is 10.4. The lowest BCUT2D eigenvalue weighted by molar-refractivity contribution is 0.102. The predicted octanol–water partition coefficient (Wildman–Crippen LogP) is -1.28. The molecule has 0 heterocycles. The number of amidine groups is 1. The molecule has 4 nitrogen and oxygen atoms in total. The molecule has 0 radical (unpaired) electrons. The molecule has 0 saturated carbocycles. The minimum Gasteiger partial charge on any atom is -0.394 e. The van der Waals surface area contributed by atoms with E-state index in [9.17, 15) is 0 Å². The standard InChI is InChI=1S/C5H12N2O2/c1-4(6)7-2-5(9)3-8/h5,8-9H,2-3H2,1H3,(H2,6,7). The molecule has 0 fully saturated rings. The van der Waals surface area contributed by atoms with Gasteiger partial charge in [-0.15, -0.1) is 0 Å². The van der Waals surface area contributed by atoms with Crippen LogP contribution in [0, 0.1) is 0 Å². The summed E-state index contributed by atoms with van der Waals surface area (Å²) in [6.45, 7) is 1.54. The highest BCUT2D eigenvalue weighted by Crippen LogP contribution is 1.80. The Labute approximate surface area is 54.0 Å². The molecule has 0 aromatic carbocycles. The fourth-order valence-corrected chi connectivity index (χ4v) is 0.307. The molecule has 4 heteroatoms. The van der Waals surface area contributed by atoms with E-state index in [1.807, 2.05) is 0 Å². The third-order valence-corrected chi connectivity index (χ3v) is 0.762. The predicted molar refractivity (Wildman–Crippen MR) is 35.3 cm³/mol. The van der Waals surface area contributed by atoms with Crippen LogP contribution >= 0.6 is 0 Å². The summed E-state index contributed by atoms with van der Waals surface area (Å²) in [7, 11) is 0. The lowest BCUT2D eigenvalue weighted by Gasteiger charge is -2.00. The highest BCUT2D eigenvalue weighted by atomic mass is 16.3. The molecule has 1 unspecified atom stereocenters. The van der Waals surface area contributed by atoms with Gasteiger partial charge in [-0.3, -0.25) is 4.99 Å². The first-order chi connectivity index (χ1) is 4.16. The molecule has 54 valence electrons. The van der Waals surface area contributed by atoms with Crippen LogP contribution in [0.15, 0.2) is 4.99 Å². The van der Waals surface area contributed by atoms with Crippen LogP contribution in [-0.2, 0) is 0 Å². The quantitative estimate of drug-likeness (QED) is 0.330. The molecule has 0 rings (SSSR count). The number of nitrogens with zero attached hydrogens (tertiary/aromatic N) is 1. The van der Waals surface area contributed by atoms with Crippen molar-refractivity contribution in [2.75, 3.05) is 13.2 Å². The highest BCUT2D eigenvalue weighted by Gasteiger charge is 1.97. The van der Waals surface area contributed by atoms with Crippen LogP contribution in [0.5, 0.6) is 0 Å². The molecule has 0 bridgehead atoms. The summed E-state index contributed by atoms with van der Waals surface area (Å²) < 4.78 is 0. The van der Waals surface area contributed by atoms with E-state index in [2.05, 4.69) is 4.99 Å².